The van der Waals surface area contributed by atoms with E-state index in [0.29, 0.717) is 54.8 Å². The first-order chi connectivity index (χ1) is 19.5. The molecule has 1 atom stereocenters. The summed E-state index contributed by atoms with van der Waals surface area (Å²) >= 11 is 0. The Morgan fingerprint density at radius 2 is 2.02 bits per heavy atom. The Bertz CT molecular complexity index is 1560. The van der Waals surface area contributed by atoms with Crippen molar-refractivity contribution in [3.05, 3.63) is 77.3 Å². The number of aryl methyl sites for hydroxylation is 1. The number of hydrogen-bond donors (Lipinski definition) is 0. The Morgan fingerprint density at radius 1 is 1.24 bits per heavy atom. The monoisotopic (exact) mass is 563 g/mol. The molecule has 0 spiro atoms. The van der Waals surface area contributed by atoms with Gasteiger partial charge in [-0.2, -0.15) is 0 Å². The largest absolute Gasteiger partial charge is 0.367 e. The number of piperazine rings is 1. The van der Waals surface area contributed by atoms with E-state index in [0.717, 1.165) is 29.1 Å². The Hall–Kier alpha value is -3.88. The summed E-state index contributed by atoms with van der Waals surface area (Å²) < 4.78 is 30.8. The van der Waals surface area contributed by atoms with Crippen LogP contribution in [0.1, 0.15) is 64.0 Å². The number of anilines is 1. The summed E-state index contributed by atoms with van der Waals surface area (Å²) in [4.78, 5) is 38.9. The van der Waals surface area contributed by atoms with Crippen LogP contribution in [-0.4, -0.2) is 62.3 Å². The van der Waals surface area contributed by atoms with Crippen LogP contribution in [0.4, 0.5) is 14.5 Å². The van der Waals surface area contributed by atoms with Gasteiger partial charge in [-0.05, 0) is 62.8 Å². The molecule has 5 rings (SSSR count). The summed E-state index contributed by atoms with van der Waals surface area (Å²) in [6.45, 7) is 13.1. The van der Waals surface area contributed by atoms with Gasteiger partial charge in [-0.3, -0.25) is 14.6 Å². The molecule has 1 amide bonds. The first-order valence-electron chi connectivity index (χ1n) is 14.2. The normalized spacial score (nSPS) is 17.6. The van der Waals surface area contributed by atoms with Crippen LogP contribution in [0.15, 0.2) is 49.0 Å². The number of aromatic nitrogens is 3. The number of imidazole rings is 1. The zero-order valence-electron chi connectivity index (χ0n) is 24.2. The summed E-state index contributed by atoms with van der Waals surface area (Å²) in [7, 11) is 0. The zero-order chi connectivity index (χ0) is 29.5. The number of rotatable bonds is 7. The Morgan fingerprint density at radius 3 is 2.76 bits per heavy atom. The van der Waals surface area contributed by atoms with Gasteiger partial charge in [-0.15, -0.1) is 0 Å². The second-order valence-electron chi connectivity index (χ2n) is 11.7. The minimum Gasteiger partial charge on any atom is -0.367 e. The van der Waals surface area contributed by atoms with E-state index in [1.165, 1.54) is 6.07 Å². The van der Waals surface area contributed by atoms with Gasteiger partial charge in [0.25, 0.3) is 5.91 Å². The number of hydrogen-bond acceptors (Lipinski definition) is 5. The Balaban J connectivity index is 0.00000405. The molecule has 9 heteroatoms. The van der Waals surface area contributed by atoms with E-state index in [-0.39, 0.29) is 20.1 Å². The molecule has 1 fully saturated rings. The maximum absolute atomic E-state index is 14.8. The van der Waals surface area contributed by atoms with E-state index in [2.05, 4.69) is 21.4 Å². The SMILES string of the molecule is C=C(CC(=O)C1=CCCc2c(N3CCN(C(=O)C(F)CC)C(C)(C)C3)ccnc2C1)c1cn2cc(C)nc2cc1F.[HH]. The lowest BCUT2D eigenvalue weighted by Gasteiger charge is -2.48. The first kappa shape index (κ1) is 28.6. The molecular formula is C32H39F2N5O2. The fourth-order valence-corrected chi connectivity index (χ4v) is 6.01. The number of ketones is 1. The number of nitrogens with zero attached hydrogens (tertiary/aromatic N) is 5. The molecule has 0 saturated carbocycles. The number of fused-ring (bicyclic) bond motifs is 2. The van der Waals surface area contributed by atoms with E-state index in [1.807, 2.05) is 39.1 Å². The van der Waals surface area contributed by atoms with Crippen molar-refractivity contribution >= 4 is 28.6 Å². The van der Waals surface area contributed by atoms with Gasteiger partial charge >= 0.3 is 0 Å². The van der Waals surface area contributed by atoms with Crippen molar-refractivity contribution in [3.8, 4) is 0 Å². The van der Waals surface area contributed by atoms with Crippen LogP contribution in [0.5, 0.6) is 0 Å². The van der Waals surface area contributed by atoms with Crippen LogP contribution in [0.2, 0.25) is 0 Å². The van der Waals surface area contributed by atoms with Gasteiger partial charge in [0.2, 0.25) is 0 Å². The van der Waals surface area contributed by atoms with Crippen molar-refractivity contribution in [2.45, 2.75) is 71.5 Å². The molecule has 3 aromatic heterocycles. The molecule has 0 radical (unpaired) electrons. The maximum Gasteiger partial charge on any atom is 0.257 e. The van der Waals surface area contributed by atoms with Crippen molar-refractivity contribution in [1.82, 2.24) is 19.3 Å². The third kappa shape index (κ3) is 5.67. The number of Topliss-reactive ketones (excluding diaryl/α,β-unsaturated/α-hetero) is 1. The lowest BCUT2D eigenvalue weighted by molar-refractivity contribution is -0.142. The van der Waals surface area contributed by atoms with Gasteiger partial charge in [0.15, 0.2) is 12.0 Å². The van der Waals surface area contributed by atoms with Gasteiger partial charge in [0.1, 0.15) is 11.5 Å². The lowest BCUT2D eigenvalue weighted by Crippen LogP contribution is -2.62. The summed E-state index contributed by atoms with van der Waals surface area (Å²) in [5.74, 6) is -0.991. The average molecular weight is 564 g/mol. The van der Waals surface area contributed by atoms with Crippen molar-refractivity contribution in [1.29, 1.82) is 0 Å². The molecule has 4 heterocycles. The highest BCUT2D eigenvalue weighted by Gasteiger charge is 2.39. The number of carbonyl (C=O) groups is 2. The van der Waals surface area contributed by atoms with Crippen molar-refractivity contribution in [2.24, 2.45) is 0 Å². The molecule has 1 saturated heterocycles. The van der Waals surface area contributed by atoms with E-state index in [1.54, 1.807) is 28.6 Å². The minimum atomic E-state index is -1.48. The van der Waals surface area contributed by atoms with Crippen LogP contribution >= 0.6 is 0 Å². The molecule has 3 aromatic rings. The standard InChI is InChI=1S/C32H37F2N5O2.H2/c1-6-25(33)31(41)39-13-12-37(19-32(39,4)5)28-10-11-35-27-15-22(8-7-9-23(27)28)29(40)14-20(2)24-18-38-17-21(3)36-30(38)16-26(24)34;/h8,10-11,16-18,25H,2,6-7,9,12-15,19H2,1,3-5H3;1H. The van der Waals surface area contributed by atoms with Gasteiger partial charge in [-0.1, -0.05) is 19.6 Å². The highest BCUT2D eigenvalue weighted by Crippen LogP contribution is 2.33. The first-order valence-corrected chi connectivity index (χ1v) is 14.2. The number of carbonyl (C=O) groups excluding carboxylic acids is 2. The molecule has 1 aliphatic heterocycles. The van der Waals surface area contributed by atoms with Crippen LogP contribution in [0.25, 0.3) is 11.2 Å². The molecule has 2 aliphatic rings. The maximum atomic E-state index is 14.8. The van der Waals surface area contributed by atoms with Crippen molar-refractivity contribution in [3.63, 3.8) is 0 Å². The average Bonchev–Trinajstić information content (AvgIpc) is 3.14. The Kier molecular flexibility index (Phi) is 7.81. The smallest absolute Gasteiger partial charge is 0.257 e. The van der Waals surface area contributed by atoms with Crippen LogP contribution < -0.4 is 4.90 Å². The summed E-state index contributed by atoms with van der Waals surface area (Å²) in [6.07, 6.45) is 7.66. The van der Waals surface area contributed by atoms with Crippen molar-refractivity contribution in [2.75, 3.05) is 24.5 Å². The lowest BCUT2D eigenvalue weighted by atomic mass is 9.95. The minimum absolute atomic E-state index is 0. The summed E-state index contributed by atoms with van der Waals surface area (Å²) in [6, 6.07) is 3.35. The number of alkyl halides is 1. The predicted octanol–water partition coefficient (Wildman–Crippen LogP) is 5.69. The number of halogens is 2. The molecule has 41 heavy (non-hydrogen) atoms. The van der Waals surface area contributed by atoms with E-state index >= 15 is 0 Å². The molecule has 0 bridgehead atoms. The van der Waals surface area contributed by atoms with Gasteiger partial charge in [0.05, 0.1) is 16.9 Å². The molecule has 1 unspecified atom stereocenters. The van der Waals surface area contributed by atoms with Crippen LogP contribution in [0.3, 0.4) is 0 Å². The number of allylic oxidation sites excluding steroid dienone is 3. The molecule has 218 valence electrons. The topological polar surface area (TPSA) is 70.8 Å². The molecular weight excluding hydrogens is 524 g/mol. The fourth-order valence-electron chi connectivity index (χ4n) is 6.01. The number of amides is 1. The molecule has 0 aromatic carbocycles. The van der Waals surface area contributed by atoms with Gasteiger partial charge in [-0.25, -0.2) is 13.8 Å². The van der Waals surface area contributed by atoms with E-state index < -0.39 is 23.4 Å². The molecule has 7 nitrogen and oxygen atoms in total. The number of pyridine rings is 2. The van der Waals surface area contributed by atoms with E-state index in [9.17, 15) is 18.4 Å². The summed E-state index contributed by atoms with van der Waals surface area (Å²) in [5, 5.41) is 0. The second kappa shape index (κ2) is 11.2. The summed E-state index contributed by atoms with van der Waals surface area (Å²) in [5.41, 5.74) is 5.10. The predicted molar refractivity (Wildman–Crippen MR) is 158 cm³/mol. The highest BCUT2D eigenvalue weighted by atomic mass is 19.1. The fraction of sp³-hybridized carbons (Fsp3) is 0.438. The third-order valence-electron chi connectivity index (χ3n) is 8.17. The highest BCUT2D eigenvalue weighted by molar-refractivity contribution is 6.02. The van der Waals surface area contributed by atoms with Crippen molar-refractivity contribution < 1.29 is 19.8 Å². The van der Waals surface area contributed by atoms with Gasteiger partial charge < -0.3 is 14.2 Å². The third-order valence-corrected chi connectivity index (χ3v) is 8.17. The van der Waals surface area contributed by atoms with E-state index in [4.69, 9.17) is 0 Å². The molecule has 0 N–H and O–H groups in total. The quantitative estimate of drug-likeness (QED) is 0.370. The molecule has 1 aliphatic carbocycles. The Labute approximate surface area is 241 Å². The van der Waals surface area contributed by atoms with Crippen LogP contribution in [-0.2, 0) is 22.4 Å². The van der Waals surface area contributed by atoms with Gasteiger partial charge in [0, 0.05) is 69.8 Å². The second-order valence-corrected chi connectivity index (χ2v) is 11.7. The van der Waals surface area contributed by atoms with Crippen LogP contribution in [0, 0.1) is 12.7 Å². The zero-order valence-corrected chi connectivity index (χ0v) is 24.2.